The summed E-state index contributed by atoms with van der Waals surface area (Å²) in [4.78, 5) is 4.46. The standard InChI is InChI=1S/C12H13NO/c1-9(14)8-11-7-6-10-4-2-3-5-12(10)13-11/h2-7,9,14H,8H2,1H3. The van der Waals surface area contributed by atoms with Gasteiger partial charge in [0.25, 0.3) is 0 Å². The van der Waals surface area contributed by atoms with E-state index in [0.29, 0.717) is 6.42 Å². The zero-order chi connectivity index (χ0) is 9.97. The van der Waals surface area contributed by atoms with Crippen LogP contribution >= 0.6 is 0 Å². The number of pyridine rings is 1. The zero-order valence-corrected chi connectivity index (χ0v) is 8.14. The lowest BCUT2D eigenvalue weighted by molar-refractivity contribution is 0.194. The molecule has 0 saturated heterocycles. The molecule has 1 heterocycles. The van der Waals surface area contributed by atoms with Crippen LogP contribution in [0.1, 0.15) is 12.6 Å². The number of aliphatic hydroxyl groups excluding tert-OH is 1. The van der Waals surface area contributed by atoms with Gasteiger partial charge in [0.1, 0.15) is 0 Å². The Balaban J connectivity index is 2.41. The average Bonchev–Trinajstić information content (AvgIpc) is 2.17. The Morgan fingerprint density at radius 1 is 1.21 bits per heavy atom. The molecule has 2 heteroatoms. The molecule has 1 N–H and O–H groups in total. The highest BCUT2D eigenvalue weighted by molar-refractivity contribution is 5.78. The van der Waals surface area contributed by atoms with E-state index in [1.807, 2.05) is 36.4 Å². The van der Waals surface area contributed by atoms with Crippen molar-refractivity contribution in [3.8, 4) is 0 Å². The Labute approximate surface area is 83.2 Å². The number of aromatic nitrogens is 1. The summed E-state index contributed by atoms with van der Waals surface area (Å²) in [7, 11) is 0. The van der Waals surface area contributed by atoms with Gasteiger partial charge < -0.3 is 5.11 Å². The Morgan fingerprint density at radius 2 is 2.00 bits per heavy atom. The third-order valence-electron chi connectivity index (χ3n) is 2.16. The predicted molar refractivity (Wildman–Crippen MR) is 57.1 cm³/mol. The van der Waals surface area contributed by atoms with Crippen LogP contribution in [0.2, 0.25) is 0 Å². The zero-order valence-electron chi connectivity index (χ0n) is 8.14. The first-order valence-electron chi connectivity index (χ1n) is 4.78. The van der Waals surface area contributed by atoms with E-state index in [1.54, 1.807) is 6.92 Å². The fourth-order valence-electron chi connectivity index (χ4n) is 1.52. The Hall–Kier alpha value is -1.41. The maximum absolute atomic E-state index is 9.24. The first-order valence-corrected chi connectivity index (χ1v) is 4.78. The molecule has 1 aromatic carbocycles. The first kappa shape index (κ1) is 9.16. The third kappa shape index (κ3) is 1.91. The van der Waals surface area contributed by atoms with E-state index in [0.717, 1.165) is 16.6 Å². The molecule has 1 atom stereocenters. The van der Waals surface area contributed by atoms with Crippen molar-refractivity contribution in [3.05, 3.63) is 42.1 Å². The van der Waals surface area contributed by atoms with Crippen LogP contribution < -0.4 is 0 Å². The Morgan fingerprint density at radius 3 is 2.79 bits per heavy atom. The highest BCUT2D eigenvalue weighted by atomic mass is 16.3. The summed E-state index contributed by atoms with van der Waals surface area (Å²) in [6, 6.07) is 12.0. The molecule has 0 saturated carbocycles. The molecular formula is C12H13NO. The van der Waals surface area contributed by atoms with Crippen LogP contribution in [0, 0.1) is 0 Å². The molecule has 0 radical (unpaired) electrons. The van der Waals surface area contributed by atoms with Gasteiger partial charge in [0.15, 0.2) is 0 Å². The van der Waals surface area contributed by atoms with E-state index in [9.17, 15) is 5.11 Å². The minimum absolute atomic E-state index is 0.330. The van der Waals surface area contributed by atoms with Crippen LogP contribution in [0.3, 0.4) is 0 Å². The van der Waals surface area contributed by atoms with Crippen LogP contribution in [0.4, 0.5) is 0 Å². The minimum Gasteiger partial charge on any atom is -0.393 e. The van der Waals surface area contributed by atoms with Crippen LogP contribution in [-0.4, -0.2) is 16.2 Å². The molecule has 0 aliphatic rings. The summed E-state index contributed by atoms with van der Waals surface area (Å²) in [5, 5.41) is 10.4. The van der Waals surface area contributed by atoms with Gasteiger partial charge >= 0.3 is 0 Å². The third-order valence-corrected chi connectivity index (χ3v) is 2.16. The smallest absolute Gasteiger partial charge is 0.0705 e. The van der Waals surface area contributed by atoms with Gasteiger partial charge in [0.05, 0.1) is 11.6 Å². The molecule has 0 aliphatic carbocycles. The second-order valence-corrected chi connectivity index (χ2v) is 3.55. The predicted octanol–water partition coefficient (Wildman–Crippen LogP) is 2.16. The number of hydrogen-bond acceptors (Lipinski definition) is 2. The summed E-state index contributed by atoms with van der Waals surface area (Å²) in [6.07, 6.45) is 0.286. The van der Waals surface area contributed by atoms with Crippen molar-refractivity contribution in [1.82, 2.24) is 4.98 Å². The van der Waals surface area contributed by atoms with Crippen LogP contribution in [-0.2, 0) is 6.42 Å². The normalized spacial score (nSPS) is 13.0. The van der Waals surface area contributed by atoms with Crippen molar-refractivity contribution in [2.45, 2.75) is 19.4 Å². The second-order valence-electron chi connectivity index (χ2n) is 3.55. The van der Waals surface area contributed by atoms with Crippen molar-refractivity contribution < 1.29 is 5.11 Å². The monoisotopic (exact) mass is 187 g/mol. The lowest BCUT2D eigenvalue weighted by Crippen LogP contribution is -2.05. The fourth-order valence-corrected chi connectivity index (χ4v) is 1.52. The summed E-state index contributed by atoms with van der Waals surface area (Å²) in [5.41, 5.74) is 1.93. The van der Waals surface area contributed by atoms with Crippen molar-refractivity contribution in [2.24, 2.45) is 0 Å². The van der Waals surface area contributed by atoms with Gasteiger partial charge in [-0.3, -0.25) is 4.98 Å². The van der Waals surface area contributed by atoms with E-state index < -0.39 is 0 Å². The van der Waals surface area contributed by atoms with Crippen molar-refractivity contribution in [1.29, 1.82) is 0 Å². The molecule has 14 heavy (non-hydrogen) atoms. The maximum Gasteiger partial charge on any atom is 0.0705 e. The molecule has 2 nitrogen and oxygen atoms in total. The lowest BCUT2D eigenvalue weighted by atomic mass is 10.1. The van der Waals surface area contributed by atoms with Gasteiger partial charge in [-0.2, -0.15) is 0 Å². The molecular weight excluding hydrogens is 174 g/mol. The average molecular weight is 187 g/mol. The van der Waals surface area contributed by atoms with E-state index in [-0.39, 0.29) is 6.10 Å². The van der Waals surface area contributed by atoms with Gasteiger partial charge in [-0.1, -0.05) is 24.3 Å². The molecule has 1 unspecified atom stereocenters. The quantitative estimate of drug-likeness (QED) is 0.781. The fraction of sp³-hybridized carbons (Fsp3) is 0.250. The van der Waals surface area contributed by atoms with Gasteiger partial charge in [-0.15, -0.1) is 0 Å². The van der Waals surface area contributed by atoms with E-state index in [2.05, 4.69) is 4.98 Å². The Kier molecular flexibility index (Phi) is 2.46. The molecule has 2 aromatic rings. The van der Waals surface area contributed by atoms with Crippen LogP contribution in [0.15, 0.2) is 36.4 Å². The largest absolute Gasteiger partial charge is 0.393 e. The summed E-state index contributed by atoms with van der Waals surface area (Å²) in [5.74, 6) is 0. The summed E-state index contributed by atoms with van der Waals surface area (Å²) >= 11 is 0. The molecule has 0 spiro atoms. The highest BCUT2D eigenvalue weighted by Crippen LogP contribution is 2.12. The van der Waals surface area contributed by atoms with E-state index in [4.69, 9.17) is 0 Å². The minimum atomic E-state index is -0.330. The summed E-state index contributed by atoms with van der Waals surface area (Å²) in [6.45, 7) is 1.77. The van der Waals surface area contributed by atoms with Crippen LogP contribution in [0.25, 0.3) is 10.9 Å². The number of para-hydroxylation sites is 1. The van der Waals surface area contributed by atoms with Gasteiger partial charge in [0, 0.05) is 17.5 Å². The second kappa shape index (κ2) is 3.76. The van der Waals surface area contributed by atoms with E-state index in [1.165, 1.54) is 0 Å². The number of nitrogens with zero attached hydrogens (tertiary/aromatic N) is 1. The van der Waals surface area contributed by atoms with Gasteiger partial charge in [-0.05, 0) is 19.1 Å². The highest BCUT2D eigenvalue weighted by Gasteiger charge is 2.01. The molecule has 0 aliphatic heterocycles. The Bertz CT molecular complexity index is 437. The molecule has 2 rings (SSSR count). The van der Waals surface area contributed by atoms with Crippen molar-refractivity contribution in [2.75, 3.05) is 0 Å². The molecule has 0 amide bonds. The molecule has 0 fully saturated rings. The summed E-state index contributed by atoms with van der Waals surface area (Å²) < 4.78 is 0. The van der Waals surface area contributed by atoms with Gasteiger partial charge in [0.2, 0.25) is 0 Å². The maximum atomic E-state index is 9.24. The SMILES string of the molecule is CC(O)Cc1ccc2ccccc2n1. The topological polar surface area (TPSA) is 33.1 Å². The molecule has 72 valence electrons. The lowest BCUT2D eigenvalue weighted by Gasteiger charge is -2.04. The molecule has 0 bridgehead atoms. The number of hydrogen-bond donors (Lipinski definition) is 1. The number of rotatable bonds is 2. The first-order chi connectivity index (χ1) is 6.75. The van der Waals surface area contributed by atoms with Gasteiger partial charge in [-0.25, -0.2) is 0 Å². The number of fused-ring (bicyclic) bond motifs is 1. The van der Waals surface area contributed by atoms with Crippen molar-refractivity contribution >= 4 is 10.9 Å². The number of benzene rings is 1. The van der Waals surface area contributed by atoms with Crippen molar-refractivity contribution in [3.63, 3.8) is 0 Å². The van der Waals surface area contributed by atoms with E-state index >= 15 is 0 Å². The van der Waals surface area contributed by atoms with Crippen LogP contribution in [0.5, 0.6) is 0 Å². The molecule has 1 aromatic heterocycles. The number of aliphatic hydroxyl groups is 1.